The van der Waals surface area contributed by atoms with Gasteiger partial charge in [0.1, 0.15) is 46.0 Å². The lowest BCUT2D eigenvalue weighted by Gasteiger charge is -2.14. The summed E-state index contributed by atoms with van der Waals surface area (Å²) in [6.07, 6.45) is 8.85. The third-order valence-electron chi connectivity index (χ3n) is 20.2. The second-order valence-corrected chi connectivity index (χ2v) is 29.2. The molecular weight excluding hydrogens is 1770 g/mol. The molecule has 0 atom stereocenters. The van der Waals surface area contributed by atoms with Crippen LogP contribution in [0.1, 0.15) is 17.1 Å². The average Bonchev–Trinajstić information content (AvgIpc) is 0.846. The minimum absolute atomic E-state index is 0.0255. The summed E-state index contributed by atoms with van der Waals surface area (Å²) in [6.45, 7) is 0. The number of anilines is 3. The van der Waals surface area contributed by atoms with Crippen LogP contribution in [0.15, 0.2) is 314 Å². The summed E-state index contributed by atoms with van der Waals surface area (Å²) < 4.78 is 52.8. The summed E-state index contributed by atoms with van der Waals surface area (Å²) in [5.74, 6) is 2.83. The number of nitrogens with two attached hydrogens (primary N) is 2. The van der Waals surface area contributed by atoms with E-state index in [1.54, 1.807) is 140 Å². The first-order valence-corrected chi connectivity index (χ1v) is 41.2. The van der Waals surface area contributed by atoms with Crippen LogP contribution in [0.5, 0.6) is 34.5 Å². The summed E-state index contributed by atoms with van der Waals surface area (Å²) in [5.41, 5.74) is 20.6. The molecule has 2 amide bonds. The molecule has 0 fully saturated rings. The Morgan fingerprint density at radius 3 is 1.24 bits per heavy atom. The normalized spacial score (nSPS) is 10.5. The van der Waals surface area contributed by atoms with Crippen LogP contribution in [-0.4, -0.2) is 106 Å². The number of furan rings is 2. The number of benzene rings is 10. The van der Waals surface area contributed by atoms with Crippen molar-refractivity contribution < 1.29 is 71.1 Å². The number of methoxy groups -OCH3 is 7. The van der Waals surface area contributed by atoms with Crippen molar-refractivity contribution in [3.63, 3.8) is 0 Å². The molecular formula is C99H90N12O22S2. The third kappa shape index (κ3) is 25.9. The second-order valence-electron chi connectivity index (χ2n) is 28.6. The minimum atomic E-state index is -0.523. The molecule has 0 radical (unpaired) electrons. The number of fused-ring (bicyclic) bond motifs is 4. The number of nitrogens with zero attached hydrogens (tertiary/aromatic N) is 6. The van der Waals surface area contributed by atoms with Crippen LogP contribution >= 0.6 is 25.0 Å². The van der Waals surface area contributed by atoms with Crippen LogP contribution in [0.4, 0.5) is 34.1 Å². The van der Waals surface area contributed by atoms with Gasteiger partial charge in [-0.25, -0.2) is 0 Å². The number of nitro benzene ring substituents is 3. The van der Waals surface area contributed by atoms with Crippen LogP contribution in [-0.2, 0) is 46.7 Å². The Hall–Kier alpha value is -17.7. The molecule has 0 saturated heterocycles. The van der Waals surface area contributed by atoms with Gasteiger partial charge in [-0.2, -0.15) is 0 Å². The van der Waals surface area contributed by atoms with Crippen molar-refractivity contribution in [2.75, 3.05) is 66.6 Å². The smallest absolute Gasteiger partial charge is 0.310 e. The molecule has 0 saturated carbocycles. The number of non-ortho nitro benzene ring substituents is 3. The van der Waals surface area contributed by atoms with E-state index in [1.165, 1.54) is 109 Å². The van der Waals surface area contributed by atoms with Crippen LogP contribution in [0, 0.1) is 30.3 Å². The lowest BCUT2D eigenvalue weighted by atomic mass is 10.0. The van der Waals surface area contributed by atoms with Gasteiger partial charge in [-0.1, -0.05) is 97.7 Å². The monoisotopic (exact) mass is 1860 g/mol. The van der Waals surface area contributed by atoms with Crippen molar-refractivity contribution in [1.29, 1.82) is 0 Å². The van der Waals surface area contributed by atoms with E-state index >= 15 is 0 Å². The van der Waals surface area contributed by atoms with Crippen LogP contribution in [0.25, 0.3) is 100 Å². The van der Waals surface area contributed by atoms with E-state index in [0.717, 1.165) is 54.9 Å². The van der Waals surface area contributed by atoms with Gasteiger partial charge in [0.05, 0.1) is 146 Å². The van der Waals surface area contributed by atoms with E-state index in [1.807, 2.05) is 133 Å². The first-order chi connectivity index (χ1) is 64.9. The van der Waals surface area contributed by atoms with Crippen molar-refractivity contribution in [1.82, 2.24) is 28.7 Å². The van der Waals surface area contributed by atoms with Crippen LogP contribution < -0.4 is 77.5 Å². The Kier molecular flexibility index (Phi) is 35.1. The highest BCUT2D eigenvalue weighted by Gasteiger charge is 2.22. The molecule has 0 aliphatic rings. The molecule has 0 aliphatic carbocycles. The Balaban J connectivity index is 0.000000168. The zero-order valence-corrected chi connectivity index (χ0v) is 75.9. The molecule has 36 heteroatoms. The number of thiocarbonyl (C=S) groups is 1. The molecule has 6 heterocycles. The molecule has 16 aromatic rings. The van der Waals surface area contributed by atoms with Gasteiger partial charge < -0.3 is 77.5 Å². The van der Waals surface area contributed by atoms with E-state index in [0.29, 0.717) is 96.1 Å². The molecule has 34 nitrogen and oxygen atoms in total. The van der Waals surface area contributed by atoms with E-state index < -0.39 is 26.6 Å². The quantitative estimate of drug-likeness (QED) is 0.00708. The van der Waals surface area contributed by atoms with Gasteiger partial charge in [-0.15, -0.1) is 0 Å². The number of hydrogen-bond acceptors (Lipinski definition) is 26. The van der Waals surface area contributed by atoms with Crippen LogP contribution in [0.2, 0.25) is 0 Å². The first kappa shape index (κ1) is 99.5. The fraction of sp³-hybridized carbons (Fsp3) is 0.111. The van der Waals surface area contributed by atoms with Gasteiger partial charge in [-0.3, -0.25) is 73.9 Å². The number of aromatic amines is 1. The van der Waals surface area contributed by atoms with Crippen molar-refractivity contribution >= 4 is 138 Å². The topological polar surface area (TPSA) is 459 Å². The lowest BCUT2D eigenvalue weighted by Crippen LogP contribution is -2.32. The zero-order valence-electron chi connectivity index (χ0n) is 74.2. The lowest BCUT2D eigenvalue weighted by molar-refractivity contribution is -0.385. The average molecular weight is 1860 g/mol. The summed E-state index contributed by atoms with van der Waals surface area (Å²) in [7, 11) is 15.4. The number of carbonyl (C=O) groups excluding carboxylic acids is 3. The van der Waals surface area contributed by atoms with Gasteiger partial charge in [0.25, 0.3) is 45.2 Å². The number of esters is 1. The van der Waals surface area contributed by atoms with Gasteiger partial charge in [-0.05, 0) is 173 Å². The predicted octanol–water partition coefficient (Wildman–Crippen LogP) is 17.2. The molecule has 16 rings (SSSR count). The fourth-order valence-corrected chi connectivity index (χ4v) is 13.8. The van der Waals surface area contributed by atoms with Crippen molar-refractivity contribution in [3.8, 4) is 79.0 Å². The molecule has 690 valence electrons. The molecule has 6 aromatic heterocycles. The summed E-state index contributed by atoms with van der Waals surface area (Å²) in [4.78, 5) is 118. The number of hydrogen-bond donors (Lipinski definition) is 7. The van der Waals surface area contributed by atoms with E-state index in [9.17, 15) is 63.9 Å². The highest BCUT2D eigenvalue weighted by molar-refractivity contribution is 7.80. The number of pyridine rings is 4. The number of aryl methyl sites for hydroxylation is 3. The van der Waals surface area contributed by atoms with Gasteiger partial charge in [0.2, 0.25) is 5.91 Å². The molecule has 135 heavy (non-hydrogen) atoms. The number of rotatable bonds is 20. The first-order valence-electron chi connectivity index (χ1n) is 40.4. The van der Waals surface area contributed by atoms with Crippen molar-refractivity contribution in [2.24, 2.45) is 21.1 Å². The number of nitrogens with one attached hydrogen (secondary N) is 4. The van der Waals surface area contributed by atoms with Crippen molar-refractivity contribution in [2.45, 2.75) is 6.42 Å². The second kappa shape index (κ2) is 47.6. The van der Waals surface area contributed by atoms with E-state index in [-0.39, 0.29) is 62.5 Å². The number of carbonyl (C=O) groups is 3. The maximum atomic E-state index is 13.0. The summed E-state index contributed by atoms with van der Waals surface area (Å²) in [6, 6.07) is 75.2. The predicted molar refractivity (Wildman–Crippen MR) is 528 cm³/mol. The SMILES string of the molecule is COC(=O)Cc1ccc([N+](=O)[O-])cc1OC.COc1cc(N)ccc1-c1cc2ccccc2n(C)c1=O.COc1cc(NC(=S)NC(=O)/C=C/c2ccco2)ccc1-c1cc2ccccc2n(C)c1=O.COc1cc([N+](=O)[O-])ccc1-c1cc2ccccc2[nH]c1=O.COc1cc([N+](=O)[O-])ccc1-c1cc2ccccc2n(C)c1=O.COc1ccccc1N.O=C(/C=C/c1ccco1)NS. The highest BCUT2D eigenvalue weighted by atomic mass is 32.1. The maximum Gasteiger partial charge on any atom is 0.310 e. The molecule has 0 bridgehead atoms. The Morgan fingerprint density at radius 2 is 0.815 bits per heavy atom. The Morgan fingerprint density at radius 1 is 0.430 bits per heavy atom. The summed E-state index contributed by atoms with van der Waals surface area (Å²) in [5, 5.41) is 41.6. The standard InChI is InChI=1S/C25H21N3O4S.C17H14N2O4.C17H16N2O2.C16H12N2O4.C10H11NO5.C7H7NO2S.C7H9NO/c1-28-21-8-4-3-6-16(21)14-20(24(28)30)19-11-9-17(15-22(19)31-2)26-25(33)27-23(29)12-10-18-7-5-13-32-18;1-18-15-6-4-3-5-11(15)9-14(17(18)20)13-8-7-12(19(21)22)10-16(13)23-2;1-19-15-6-4-3-5-11(15)9-14(17(19)20)13-8-7-12(18)10-16(13)21-2;1-22-15-9-11(18(20)21)6-7-12(15)13-8-10-4-2-3-5-14(10)17-16(13)19;1-15-9-6-8(11(13)14)4-3-7(9)5-10(12)16-2;9-7(8-11)4-3-6-2-1-5-10-6;1-9-7-5-3-2-4-6(7)8/h3-15H,1-2H3,(H2,26,27,29,33);3-10H,1-2H3;3-10H,18H2,1-2H3;2-9H,1H3,(H,17,19);3-4,6H,5H2,1-2H3;1-5,11H,(H,8,9);2-5H,8H2,1H3/b12-10+;;;;;4-3+;. The number of H-pyrrole nitrogens is 1. The van der Waals surface area contributed by atoms with E-state index in [2.05, 4.69) is 37.9 Å². The molecule has 0 aliphatic heterocycles. The zero-order chi connectivity index (χ0) is 97.5. The summed E-state index contributed by atoms with van der Waals surface area (Å²) >= 11 is 8.79. The molecule has 10 aromatic carbocycles. The van der Waals surface area contributed by atoms with Gasteiger partial charge >= 0.3 is 5.97 Å². The number of nitrogen functional groups attached to an aromatic ring is 2. The van der Waals surface area contributed by atoms with E-state index in [4.69, 9.17) is 60.9 Å². The van der Waals surface area contributed by atoms with Crippen molar-refractivity contribution in [3.05, 3.63) is 374 Å². The molecule has 0 unspecified atom stereocenters. The van der Waals surface area contributed by atoms with Crippen LogP contribution in [0.3, 0.4) is 0 Å². The minimum Gasteiger partial charge on any atom is -0.496 e. The number of nitro groups is 3. The number of thiol groups is 1. The Bertz CT molecular complexity index is 7360. The number of ether oxygens (including phenoxy) is 7. The van der Waals surface area contributed by atoms with Gasteiger partial charge in [0, 0.05) is 108 Å². The maximum absolute atomic E-state index is 13.0. The largest absolute Gasteiger partial charge is 0.496 e. The third-order valence-corrected chi connectivity index (χ3v) is 20.6. The Labute approximate surface area is 780 Å². The number of para-hydroxylation sites is 6. The fourth-order valence-electron chi connectivity index (χ4n) is 13.5. The number of amides is 2. The highest BCUT2D eigenvalue weighted by Crippen LogP contribution is 2.38. The number of aromatic nitrogens is 4. The molecule has 0 spiro atoms. The van der Waals surface area contributed by atoms with Gasteiger partial charge in [0.15, 0.2) is 5.11 Å². The molecule has 8 N–H and O–H groups in total.